The zero-order valence-electron chi connectivity index (χ0n) is 14.9. The van der Waals surface area contributed by atoms with Crippen molar-refractivity contribution in [1.29, 1.82) is 0 Å². The van der Waals surface area contributed by atoms with Gasteiger partial charge in [0.15, 0.2) is 0 Å². The number of benzene rings is 2. The maximum Gasteiger partial charge on any atom is 0.440 e. The topological polar surface area (TPSA) is 63.8 Å². The third kappa shape index (κ3) is 3.85. The van der Waals surface area contributed by atoms with Gasteiger partial charge in [0.05, 0.1) is 18.7 Å². The van der Waals surface area contributed by atoms with Crippen LogP contribution in [0.1, 0.15) is 12.5 Å². The van der Waals surface area contributed by atoms with E-state index in [1.165, 1.54) is 17.6 Å². The number of alkyl halides is 3. The lowest BCUT2D eigenvalue weighted by atomic mass is 10.2. The number of nitrogens with zero attached hydrogens (tertiary/aromatic N) is 2. The first-order valence-electron chi connectivity index (χ1n) is 8.50. The Hall–Kier alpha value is -3.29. The summed E-state index contributed by atoms with van der Waals surface area (Å²) in [6.07, 6.45) is -5.03. The molecule has 0 aliphatic rings. The first kappa shape index (κ1) is 19.5. The Bertz CT molecular complexity index is 1020. The average molecular weight is 390 g/mol. The monoisotopic (exact) mass is 390 g/mol. The number of aliphatic imine (C=N–C) groups is 1. The Labute approximate surface area is 158 Å². The summed E-state index contributed by atoms with van der Waals surface area (Å²) in [5.41, 5.74) is -0.706. The summed E-state index contributed by atoms with van der Waals surface area (Å²) in [4.78, 5) is 15.3. The zero-order valence-corrected chi connectivity index (χ0v) is 14.9. The molecule has 28 heavy (non-hydrogen) atoms. The van der Waals surface area contributed by atoms with Gasteiger partial charge in [0.25, 0.3) is 0 Å². The van der Waals surface area contributed by atoms with E-state index in [0.29, 0.717) is 10.9 Å². The first-order chi connectivity index (χ1) is 13.3. The van der Waals surface area contributed by atoms with Gasteiger partial charge >= 0.3 is 12.1 Å². The highest BCUT2D eigenvalue weighted by Gasteiger charge is 2.42. The van der Waals surface area contributed by atoms with Crippen LogP contribution in [0.4, 0.5) is 18.9 Å². The molecule has 1 heterocycles. The SMILES string of the molecule is CCOC(=O)C(=Nc1c(O)n(Cc2ccccc2)c2ccccc12)C(F)(F)F. The fraction of sp³-hybridized carbons (Fsp3) is 0.200. The van der Waals surface area contributed by atoms with E-state index in [1.54, 1.807) is 18.2 Å². The second-order valence-corrected chi connectivity index (χ2v) is 5.94. The van der Waals surface area contributed by atoms with E-state index in [2.05, 4.69) is 9.73 Å². The molecule has 0 fully saturated rings. The van der Waals surface area contributed by atoms with Crippen molar-refractivity contribution < 1.29 is 27.8 Å². The summed E-state index contributed by atoms with van der Waals surface area (Å²) in [7, 11) is 0. The third-order valence-electron chi connectivity index (χ3n) is 4.06. The summed E-state index contributed by atoms with van der Waals surface area (Å²) >= 11 is 0. The normalized spacial score (nSPS) is 12.4. The number of rotatable bonds is 5. The van der Waals surface area contributed by atoms with Crippen molar-refractivity contribution in [2.45, 2.75) is 19.6 Å². The fourth-order valence-electron chi connectivity index (χ4n) is 2.84. The van der Waals surface area contributed by atoms with Crippen LogP contribution in [0.15, 0.2) is 59.6 Å². The molecule has 0 unspecified atom stereocenters. The Kier molecular flexibility index (Phi) is 5.39. The van der Waals surface area contributed by atoms with Crippen LogP contribution in [0.3, 0.4) is 0 Å². The minimum Gasteiger partial charge on any atom is -0.493 e. The molecule has 2 aromatic carbocycles. The van der Waals surface area contributed by atoms with Crippen LogP contribution >= 0.6 is 0 Å². The van der Waals surface area contributed by atoms with E-state index in [1.807, 2.05) is 30.3 Å². The van der Waals surface area contributed by atoms with E-state index < -0.39 is 23.7 Å². The van der Waals surface area contributed by atoms with Gasteiger partial charge in [-0.25, -0.2) is 9.79 Å². The molecule has 0 aliphatic carbocycles. The molecule has 0 spiro atoms. The van der Waals surface area contributed by atoms with Gasteiger partial charge in [0.2, 0.25) is 11.6 Å². The number of esters is 1. The molecule has 8 heteroatoms. The lowest BCUT2D eigenvalue weighted by Crippen LogP contribution is -2.32. The first-order valence-corrected chi connectivity index (χ1v) is 8.50. The van der Waals surface area contributed by atoms with Gasteiger partial charge < -0.3 is 14.4 Å². The molecular formula is C20H17F3N2O3. The van der Waals surface area contributed by atoms with E-state index in [0.717, 1.165) is 5.56 Å². The van der Waals surface area contributed by atoms with Crippen LogP contribution in [-0.2, 0) is 16.1 Å². The molecule has 0 aliphatic heterocycles. The van der Waals surface area contributed by atoms with Crippen LogP contribution in [0.5, 0.6) is 5.88 Å². The number of halogens is 3. The predicted octanol–water partition coefficient (Wildman–Crippen LogP) is 4.59. The number of aromatic nitrogens is 1. The number of aromatic hydroxyl groups is 1. The highest BCUT2D eigenvalue weighted by Crippen LogP contribution is 2.40. The highest BCUT2D eigenvalue weighted by molar-refractivity contribution is 6.39. The van der Waals surface area contributed by atoms with E-state index >= 15 is 0 Å². The lowest BCUT2D eigenvalue weighted by Gasteiger charge is -2.09. The van der Waals surface area contributed by atoms with Gasteiger partial charge in [-0.3, -0.25) is 0 Å². The average Bonchev–Trinajstić information content (AvgIpc) is 2.91. The van der Waals surface area contributed by atoms with Gasteiger partial charge in [-0.1, -0.05) is 48.5 Å². The van der Waals surface area contributed by atoms with Crippen LogP contribution < -0.4 is 0 Å². The molecule has 1 N–H and O–H groups in total. The van der Waals surface area contributed by atoms with Crippen molar-refractivity contribution in [3.63, 3.8) is 0 Å². The summed E-state index contributed by atoms with van der Waals surface area (Å²) in [5, 5.41) is 10.9. The molecule has 5 nitrogen and oxygen atoms in total. The van der Waals surface area contributed by atoms with Crippen molar-refractivity contribution >= 4 is 28.3 Å². The minimum absolute atomic E-state index is 0.226. The molecule has 0 saturated carbocycles. The number of ether oxygens (including phenoxy) is 1. The van der Waals surface area contributed by atoms with Crippen LogP contribution in [0.2, 0.25) is 0 Å². The smallest absolute Gasteiger partial charge is 0.440 e. The van der Waals surface area contributed by atoms with Gasteiger partial charge in [-0.2, -0.15) is 13.2 Å². The predicted molar refractivity (Wildman–Crippen MR) is 98.9 cm³/mol. The molecule has 146 valence electrons. The highest BCUT2D eigenvalue weighted by atomic mass is 19.4. The molecule has 3 aromatic rings. The maximum atomic E-state index is 13.3. The molecule has 1 aromatic heterocycles. The summed E-state index contributed by atoms with van der Waals surface area (Å²) in [5.74, 6) is -2.05. The minimum atomic E-state index is -5.03. The maximum absolute atomic E-state index is 13.3. The lowest BCUT2D eigenvalue weighted by molar-refractivity contribution is -0.139. The number of fused-ring (bicyclic) bond motifs is 1. The molecular weight excluding hydrogens is 373 g/mol. The van der Waals surface area contributed by atoms with Crippen molar-refractivity contribution in [3.05, 3.63) is 60.2 Å². The zero-order chi connectivity index (χ0) is 20.3. The van der Waals surface area contributed by atoms with Crippen molar-refractivity contribution in [2.75, 3.05) is 6.61 Å². The number of para-hydroxylation sites is 1. The van der Waals surface area contributed by atoms with Gasteiger partial charge in [0, 0.05) is 5.39 Å². The number of carbonyl (C=O) groups excluding carboxylic acids is 1. The Morgan fingerprint density at radius 1 is 1.11 bits per heavy atom. The second-order valence-electron chi connectivity index (χ2n) is 5.94. The van der Waals surface area contributed by atoms with Crippen molar-refractivity contribution in [3.8, 4) is 5.88 Å². The molecule has 0 amide bonds. The molecule has 0 atom stereocenters. The van der Waals surface area contributed by atoms with Gasteiger partial charge in [-0.15, -0.1) is 0 Å². The van der Waals surface area contributed by atoms with Crippen LogP contribution in [0, 0.1) is 0 Å². The molecule has 0 saturated heterocycles. The number of hydrogen-bond acceptors (Lipinski definition) is 4. The summed E-state index contributed by atoms with van der Waals surface area (Å²) in [6, 6.07) is 15.6. The Morgan fingerprint density at radius 3 is 2.39 bits per heavy atom. The number of hydrogen-bond donors (Lipinski definition) is 1. The van der Waals surface area contributed by atoms with Crippen LogP contribution in [0.25, 0.3) is 10.9 Å². The van der Waals surface area contributed by atoms with Crippen molar-refractivity contribution in [2.24, 2.45) is 4.99 Å². The summed E-state index contributed by atoms with van der Waals surface area (Å²) < 4.78 is 46.0. The number of carbonyl (C=O) groups is 1. The molecule has 0 radical (unpaired) electrons. The van der Waals surface area contributed by atoms with Gasteiger partial charge in [0.1, 0.15) is 5.69 Å². The van der Waals surface area contributed by atoms with Crippen molar-refractivity contribution in [1.82, 2.24) is 4.57 Å². The van der Waals surface area contributed by atoms with E-state index in [-0.39, 0.29) is 18.8 Å². The largest absolute Gasteiger partial charge is 0.493 e. The molecule has 3 rings (SSSR count). The quantitative estimate of drug-likeness (QED) is 0.512. The second kappa shape index (κ2) is 7.75. The summed E-state index contributed by atoms with van der Waals surface area (Å²) in [6.45, 7) is 1.40. The standard InChI is InChI=1S/C20H17F3N2O3/c1-2-28-19(27)17(20(21,22)23)24-16-14-10-6-7-11-15(14)25(18(16)26)12-13-8-4-3-5-9-13/h3-11,26H,2,12H2,1H3. The van der Waals surface area contributed by atoms with Crippen LogP contribution in [-0.4, -0.2) is 34.1 Å². The van der Waals surface area contributed by atoms with E-state index in [4.69, 9.17) is 0 Å². The third-order valence-corrected chi connectivity index (χ3v) is 4.06. The molecule has 0 bridgehead atoms. The van der Waals surface area contributed by atoms with Gasteiger partial charge in [-0.05, 0) is 18.6 Å². The van der Waals surface area contributed by atoms with E-state index in [9.17, 15) is 23.1 Å². The Balaban J connectivity index is 2.18. The Morgan fingerprint density at radius 2 is 1.75 bits per heavy atom. The fourth-order valence-corrected chi connectivity index (χ4v) is 2.84.